The second-order valence-corrected chi connectivity index (χ2v) is 9.45. The van der Waals surface area contributed by atoms with Crippen molar-refractivity contribution in [2.75, 3.05) is 13.2 Å². The molecule has 0 fully saturated rings. The molecule has 0 saturated heterocycles. The highest BCUT2D eigenvalue weighted by atomic mass is 35.5. The molecule has 0 saturated carbocycles. The van der Waals surface area contributed by atoms with Gasteiger partial charge in [0.05, 0.1) is 24.0 Å². The maximum absolute atomic E-state index is 12.2. The molecule has 192 valence electrons. The maximum atomic E-state index is 12.2. The van der Waals surface area contributed by atoms with E-state index < -0.39 is 0 Å². The fourth-order valence-corrected chi connectivity index (χ4v) is 4.67. The van der Waals surface area contributed by atoms with Crippen molar-refractivity contribution in [3.8, 4) is 5.75 Å². The zero-order valence-electron chi connectivity index (χ0n) is 21.2. The van der Waals surface area contributed by atoms with Crippen molar-refractivity contribution in [3.63, 3.8) is 0 Å². The molecule has 0 aliphatic heterocycles. The van der Waals surface area contributed by atoms with Gasteiger partial charge < -0.3 is 14.6 Å². The number of carbonyl (C=O) groups excluding carboxylic acids is 1. The van der Waals surface area contributed by atoms with Gasteiger partial charge in [-0.3, -0.25) is 4.79 Å². The number of nitrogens with zero attached hydrogens (tertiary/aromatic N) is 2. The van der Waals surface area contributed by atoms with Gasteiger partial charge >= 0.3 is 0 Å². The number of benzene rings is 3. The molecule has 37 heavy (non-hydrogen) atoms. The van der Waals surface area contributed by atoms with Crippen molar-refractivity contribution in [2.45, 2.75) is 45.1 Å². The van der Waals surface area contributed by atoms with Gasteiger partial charge in [-0.1, -0.05) is 72.6 Å². The van der Waals surface area contributed by atoms with Gasteiger partial charge in [0.15, 0.2) is 0 Å². The number of unbranched alkanes of at least 4 members (excludes halogenated alkanes) is 2. The first-order chi connectivity index (χ1) is 18.2. The Labute approximate surface area is 224 Å². The lowest BCUT2D eigenvalue weighted by Gasteiger charge is -2.13. The minimum Gasteiger partial charge on any atom is -0.491 e. The molecular weight excluding hydrogens is 482 g/mol. The van der Waals surface area contributed by atoms with Crippen LogP contribution in [0.25, 0.3) is 11.0 Å². The van der Waals surface area contributed by atoms with Crippen LogP contribution in [0.1, 0.15) is 36.2 Å². The molecule has 0 aliphatic rings. The number of rotatable bonds is 14. The fourth-order valence-electron chi connectivity index (χ4n) is 4.47. The lowest BCUT2D eigenvalue weighted by Crippen LogP contribution is -2.26. The highest BCUT2D eigenvalue weighted by Crippen LogP contribution is 2.21. The van der Waals surface area contributed by atoms with Gasteiger partial charge in [0.2, 0.25) is 5.91 Å². The SMILES string of the molecule is C=CCc1ccccc1OCCn1c(CCCCCNC(=O)Cc2ccccc2Cl)nc2ccccc21. The lowest BCUT2D eigenvalue weighted by atomic mass is 10.1. The highest BCUT2D eigenvalue weighted by molar-refractivity contribution is 6.31. The summed E-state index contributed by atoms with van der Waals surface area (Å²) in [5.41, 5.74) is 4.14. The Hall–Kier alpha value is -3.57. The van der Waals surface area contributed by atoms with E-state index in [0.29, 0.717) is 24.6 Å². The molecule has 0 radical (unpaired) electrons. The second kappa shape index (κ2) is 13.7. The Morgan fingerprint density at radius 2 is 1.73 bits per heavy atom. The molecule has 0 spiro atoms. The van der Waals surface area contributed by atoms with Gasteiger partial charge in [-0.05, 0) is 54.7 Å². The lowest BCUT2D eigenvalue weighted by molar-refractivity contribution is -0.120. The molecule has 4 aromatic rings. The Balaban J connectivity index is 1.26. The number of allylic oxidation sites excluding steroid dienone is 1. The Kier molecular flexibility index (Phi) is 9.78. The number of hydrogen-bond donors (Lipinski definition) is 1. The summed E-state index contributed by atoms with van der Waals surface area (Å²) < 4.78 is 8.43. The molecule has 0 bridgehead atoms. The third-order valence-electron chi connectivity index (χ3n) is 6.35. The summed E-state index contributed by atoms with van der Waals surface area (Å²) in [6.45, 7) is 5.81. The van der Waals surface area contributed by atoms with E-state index in [-0.39, 0.29) is 5.91 Å². The van der Waals surface area contributed by atoms with E-state index in [2.05, 4.69) is 40.7 Å². The first kappa shape index (κ1) is 26.5. The highest BCUT2D eigenvalue weighted by Gasteiger charge is 2.11. The Morgan fingerprint density at radius 3 is 2.57 bits per heavy atom. The third kappa shape index (κ3) is 7.46. The van der Waals surface area contributed by atoms with Crippen molar-refractivity contribution in [1.82, 2.24) is 14.9 Å². The number of para-hydroxylation sites is 3. The predicted octanol–water partition coefficient (Wildman–Crippen LogP) is 6.57. The quantitative estimate of drug-likeness (QED) is 0.153. The van der Waals surface area contributed by atoms with E-state index in [1.165, 1.54) is 0 Å². The number of amides is 1. The van der Waals surface area contributed by atoms with E-state index >= 15 is 0 Å². The molecule has 3 aromatic carbocycles. The van der Waals surface area contributed by atoms with Gasteiger partial charge in [-0.25, -0.2) is 4.98 Å². The van der Waals surface area contributed by atoms with Gasteiger partial charge in [0.25, 0.3) is 0 Å². The van der Waals surface area contributed by atoms with Gasteiger partial charge in [-0.2, -0.15) is 0 Å². The third-order valence-corrected chi connectivity index (χ3v) is 6.72. The molecule has 1 heterocycles. The van der Waals surface area contributed by atoms with Crippen molar-refractivity contribution >= 4 is 28.5 Å². The molecule has 0 unspecified atom stereocenters. The molecule has 1 aromatic heterocycles. The number of fused-ring (bicyclic) bond motifs is 1. The molecule has 1 N–H and O–H groups in total. The molecule has 1 amide bonds. The number of ether oxygens (including phenoxy) is 1. The number of imidazole rings is 1. The minimum absolute atomic E-state index is 0.00422. The average Bonchev–Trinajstić information content (AvgIpc) is 3.26. The van der Waals surface area contributed by atoms with Crippen LogP contribution in [-0.4, -0.2) is 28.6 Å². The van der Waals surface area contributed by atoms with Crippen molar-refractivity contribution in [1.29, 1.82) is 0 Å². The monoisotopic (exact) mass is 515 g/mol. The predicted molar refractivity (Wildman–Crippen MR) is 151 cm³/mol. The molecular formula is C31H34ClN3O2. The fraction of sp³-hybridized carbons (Fsp3) is 0.290. The van der Waals surface area contributed by atoms with E-state index in [1.54, 1.807) is 0 Å². The zero-order valence-corrected chi connectivity index (χ0v) is 21.9. The number of halogens is 1. The van der Waals surface area contributed by atoms with Crippen LogP contribution in [0.4, 0.5) is 0 Å². The van der Waals surface area contributed by atoms with Crippen LogP contribution < -0.4 is 10.1 Å². The normalized spacial score (nSPS) is 10.9. The Morgan fingerprint density at radius 1 is 0.973 bits per heavy atom. The largest absolute Gasteiger partial charge is 0.491 e. The number of aryl methyl sites for hydroxylation is 1. The van der Waals surface area contributed by atoms with Crippen molar-refractivity contribution in [3.05, 3.63) is 107 Å². The number of hydrogen-bond acceptors (Lipinski definition) is 3. The topological polar surface area (TPSA) is 56.1 Å². The van der Waals surface area contributed by atoms with Crippen LogP contribution in [0.3, 0.4) is 0 Å². The summed E-state index contributed by atoms with van der Waals surface area (Å²) in [7, 11) is 0. The second-order valence-electron chi connectivity index (χ2n) is 9.05. The van der Waals surface area contributed by atoms with Crippen LogP contribution >= 0.6 is 11.6 Å². The van der Waals surface area contributed by atoms with Crippen LogP contribution in [-0.2, 0) is 30.6 Å². The zero-order chi connectivity index (χ0) is 25.9. The first-order valence-corrected chi connectivity index (χ1v) is 13.3. The summed E-state index contributed by atoms with van der Waals surface area (Å²) in [5, 5.41) is 3.64. The Bertz CT molecular complexity index is 1330. The number of nitrogens with one attached hydrogen (secondary N) is 1. The van der Waals surface area contributed by atoms with Gasteiger partial charge in [-0.15, -0.1) is 6.58 Å². The minimum atomic E-state index is 0.00422. The maximum Gasteiger partial charge on any atom is 0.224 e. The van der Waals surface area contributed by atoms with Crippen molar-refractivity contribution < 1.29 is 9.53 Å². The molecule has 4 rings (SSSR count). The van der Waals surface area contributed by atoms with Crippen molar-refractivity contribution in [2.24, 2.45) is 0 Å². The molecule has 0 aliphatic carbocycles. The summed E-state index contributed by atoms with van der Waals surface area (Å²) >= 11 is 6.15. The molecule has 6 heteroatoms. The summed E-state index contributed by atoms with van der Waals surface area (Å²) in [4.78, 5) is 17.1. The summed E-state index contributed by atoms with van der Waals surface area (Å²) in [6, 6.07) is 23.8. The smallest absolute Gasteiger partial charge is 0.224 e. The number of aromatic nitrogens is 2. The summed E-state index contributed by atoms with van der Waals surface area (Å²) in [5.74, 6) is 1.99. The standard InChI is InChI=1S/C31H34ClN3O2/c1-2-12-24-13-6-10-18-29(24)37-22-21-35-28-17-9-8-16-27(28)34-30(35)19-4-3-11-20-33-31(36)23-25-14-5-7-15-26(25)32/h2,5-10,13-18H,1,3-4,11-12,19-23H2,(H,33,36). The van der Waals surface area contributed by atoms with Gasteiger partial charge in [0.1, 0.15) is 18.2 Å². The average molecular weight is 516 g/mol. The molecule has 5 nitrogen and oxygen atoms in total. The van der Waals surface area contributed by atoms with Crippen LogP contribution in [0.5, 0.6) is 5.75 Å². The van der Waals surface area contributed by atoms with E-state index in [9.17, 15) is 4.79 Å². The van der Waals surface area contributed by atoms with E-state index in [1.807, 2.05) is 54.6 Å². The van der Waals surface area contributed by atoms with Crippen LogP contribution in [0.15, 0.2) is 85.5 Å². The van der Waals surface area contributed by atoms with Crippen LogP contribution in [0.2, 0.25) is 5.02 Å². The number of carbonyl (C=O) groups is 1. The molecule has 0 atom stereocenters. The first-order valence-electron chi connectivity index (χ1n) is 12.9. The summed E-state index contributed by atoms with van der Waals surface area (Å²) in [6.07, 6.45) is 6.83. The van der Waals surface area contributed by atoms with Gasteiger partial charge in [0, 0.05) is 18.0 Å². The van der Waals surface area contributed by atoms with E-state index in [0.717, 1.165) is 72.4 Å². The van der Waals surface area contributed by atoms with E-state index in [4.69, 9.17) is 21.3 Å². The van der Waals surface area contributed by atoms with Crippen LogP contribution in [0, 0.1) is 0 Å².